The molecule has 2 rings (SSSR count). The fraction of sp³-hybridized carbons (Fsp3) is 0.818. The van der Waals surface area contributed by atoms with Crippen molar-refractivity contribution >= 4 is 0 Å². The minimum absolute atomic E-state index is 0.0707. The van der Waals surface area contributed by atoms with E-state index in [2.05, 4.69) is 10.2 Å². The average molecular weight is 262 g/mol. The van der Waals surface area contributed by atoms with Crippen molar-refractivity contribution in [3.8, 4) is 0 Å². The Morgan fingerprint density at radius 1 is 1.22 bits per heavy atom. The van der Waals surface area contributed by atoms with Crippen LogP contribution < -0.4 is 5.73 Å². The molecule has 102 valence electrons. The molecule has 1 aromatic rings. The molecule has 18 heavy (non-hydrogen) atoms. The molecule has 1 aromatic heterocycles. The molecule has 1 heterocycles. The van der Waals surface area contributed by atoms with Gasteiger partial charge in [0.1, 0.15) is 11.6 Å². The molecule has 0 saturated heterocycles. The van der Waals surface area contributed by atoms with Crippen LogP contribution in [0.1, 0.15) is 43.3 Å². The molecular formula is C11H17F3N4. The third-order valence-corrected chi connectivity index (χ3v) is 3.74. The Balaban J connectivity index is 2.03. The van der Waals surface area contributed by atoms with Crippen LogP contribution in [0.15, 0.2) is 0 Å². The van der Waals surface area contributed by atoms with Crippen molar-refractivity contribution < 1.29 is 13.2 Å². The zero-order chi connectivity index (χ0) is 13.3. The van der Waals surface area contributed by atoms with Crippen molar-refractivity contribution in [2.75, 3.05) is 0 Å². The standard InChI is InChI=1S/C11H17F3N4/c1-18-9(6-15)16-17-10(18)7-2-4-8(5-3-7)11(12,13)14/h7-8H,2-6,15H2,1H3. The summed E-state index contributed by atoms with van der Waals surface area (Å²) in [5.74, 6) is 0.344. The Morgan fingerprint density at radius 2 is 1.83 bits per heavy atom. The van der Waals surface area contributed by atoms with E-state index in [4.69, 9.17) is 5.73 Å². The van der Waals surface area contributed by atoms with Crippen molar-refractivity contribution in [3.63, 3.8) is 0 Å². The van der Waals surface area contributed by atoms with E-state index in [0.717, 1.165) is 5.82 Å². The van der Waals surface area contributed by atoms with E-state index in [1.165, 1.54) is 0 Å². The van der Waals surface area contributed by atoms with Gasteiger partial charge < -0.3 is 10.3 Å². The van der Waals surface area contributed by atoms with Crippen LogP contribution in [0.4, 0.5) is 13.2 Å². The van der Waals surface area contributed by atoms with E-state index >= 15 is 0 Å². The summed E-state index contributed by atoms with van der Waals surface area (Å²) in [4.78, 5) is 0. The number of aromatic nitrogens is 3. The van der Waals surface area contributed by atoms with Gasteiger partial charge in [-0.05, 0) is 25.7 Å². The van der Waals surface area contributed by atoms with Crippen molar-refractivity contribution in [1.82, 2.24) is 14.8 Å². The number of nitrogens with zero attached hydrogens (tertiary/aromatic N) is 3. The Hall–Kier alpha value is -1.11. The number of rotatable bonds is 2. The van der Waals surface area contributed by atoms with E-state index in [9.17, 15) is 13.2 Å². The molecule has 0 unspecified atom stereocenters. The first-order valence-electron chi connectivity index (χ1n) is 6.08. The molecule has 1 aliphatic carbocycles. The fourth-order valence-electron chi connectivity index (χ4n) is 2.59. The quantitative estimate of drug-likeness (QED) is 0.888. The van der Waals surface area contributed by atoms with Gasteiger partial charge in [0, 0.05) is 13.0 Å². The average Bonchev–Trinajstić information content (AvgIpc) is 2.69. The lowest BCUT2D eigenvalue weighted by Gasteiger charge is -2.29. The Kier molecular flexibility index (Phi) is 3.61. The smallest absolute Gasteiger partial charge is 0.324 e. The van der Waals surface area contributed by atoms with Crippen LogP contribution in [0.3, 0.4) is 0 Å². The van der Waals surface area contributed by atoms with Crippen LogP contribution in [0, 0.1) is 5.92 Å². The summed E-state index contributed by atoms with van der Waals surface area (Å²) in [5.41, 5.74) is 5.50. The monoisotopic (exact) mass is 262 g/mol. The lowest BCUT2D eigenvalue weighted by molar-refractivity contribution is -0.182. The molecule has 1 fully saturated rings. The summed E-state index contributed by atoms with van der Waals surface area (Å²) in [6.07, 6.45) is -2.67. The lowest BCUT2D eigenvalue weighted by atomic mass is 9.81. The van der Waals surface area contributed by atoms with E-state index in [0.29, 0.717) is 25.2 Å². The summed E-state index contributed by atoms with van der Waals surface area (Å²) < 4.78 is 39.5. The molecule has 0 aromatic carbocycles. The highest BCUT2D eigenvalue weighted by Gasteiger charge is 2.42. The van der Waals surface area contributed by atoms with Gasteiger partial charge in [-0.15, -0.1) is 10.2 Å². The number of halogens is 3. The van der Waals surface area contributed by atoms with Crippen LogP contribution in [0.25, 0.3) is 0 Å². The molecule has 0 bridgehead atoms. The molecule has 0 amide bonds. The van der Waals surface area contributed by atoms with Crippen molar-refractivity contribution in [1.29, 1.82) is 0 Å². The number of nitrogens with two attached hydrogens (primary N) is 1. The number of hydrogen-bond acceptors (Lipinski definition) is 3. The molecule has 1 aliphatic rings. The molecule has 2 N–H and O–H groups in total. The topological polar surface area (TPSA) is 56.7 Å². The third-order valence-electron chi connectivity index (χ3n) is 3.74. The largest absolute Gasteiger partial charge is 0.391 e. The van der Waals surface area contributed by atoms with Crippen LogP contribution in [0.2, 0.25) is 0 Å². The van der Waals surface area contributed by atoms with Crippen molar-refractivity contribution in [2.45, 2.75) is 44.3 Å². The minimum atomic E-state index is -4.06. The molecule has 0 atom stereocenters. The Labute approximate surface area is 103 Å². The Bertz CT molecular complexity index is 405. The van der Waals surface area contributed by atoms with Gasteiger partial charge in [0.15, 0.2) is 0 Å². The highest BCUT2D eigenvalue weighted by Crippen LogP contribution is 2.42. The van der Waals surface area contributed by atoms with Gasteiger partial charge >= 0.3 is 6.18 Å². The van der Waals surface area contributed by atoms with Gasteiger partial charge in [0.25, 0.3) is 0 Å². The second-order valence-electron chi connectivity index (χ2n) is 4.83. The summed E-state index contributed by atoms with van der Waals surface area (Å²) in [6.45, 7) is 0.293. The fourth-order valence-corrected chi connectivity index (χ4v) is 2.59. The first-order chi connectivity index (χ1) is 8.43. The Morgan fingerprint density at radius 3 is 2.28 bits per heavy atom. The van der Waals surface area contributed by atoms with Crippen LogP contribution >= 0.6 is 0 Å². The first kappa shape index (κ1) is 13.3. The van der Waals surface area contributed by atoms with Crippen LogP contribution in [0.5, 0.6) is 0 Å². The SMILES string of the molecule is Cn1c(CN)nnc1C1CCC(C(F)(F)F)CC1. The zero-order valence-electron chi connectivity index (χ0n) is 10.2. The van der Waals surface area contributed by atoms with Crippen molar-refractivity contribution in [2.24, 2.45) is 18.7 Å². The summed E-state index contributed by atoms with van der Waals surface area (Å²) >= 11 is 0. The molecule has 0 spiro atoms. The summed E-state index contributed by atoms with van der Waals surface area (Å²) in [5, 5.41) is 7.99. The number of alkyl halides is 3. The summed E-state index contributed by atoms with van der Waals surface area (Å²) in [6, 6.07) is 0. The van der Waals surface area contributed by atoms with E-state index in [-0.39, 0.29) is 18.8 Å². The molecule has 7 heteroatoms. The van der Waals surface area contributed by atoms with Crippen molar-refractivity contribution in [3.05, 3.63) is 11.6 Å². The molecule has 4 nitrogen and oxygen atoms in total. The second kappa shape index (κ2) is 4.87. The maximum atomic E-state index is 12.6. The van der Waals surface area contributed by atoms with E-state index in [1.54, 1.807) is 4.57 Å². The van der Waals surface area contributed by atoms with Crippen LogP contribution in [-0.2, 0) is 13.6 Å². The lowest BCUT2D eigenvalue weighted by Crippen LogP contribution is -2.28. The van der Waals surface area contributed by atoms with Gasteiger partial charge in [-0.2, -0.15) is 13.2 Å². The van der Waals surface area contributed by atoms with Gasteiger partial charge in [-0.1, -0.05) is 0 Å². The minimum Gasteiger partial charge on any atom is -0.324 e. The predicted octanol–water partition coefficient (Wildman–Crippen LogP) is 2.11. The van der Waals surface area contributed by atoms with Gasteiger partial charge in [-0.25, -0.2) is 0 Å². The predicted molar refractivity (Wildman–Crippen MR) is 59.6 cm³/mol. The molecular weight excluding hydrogens is 245 g/mol. The maximum Gasteiger partial charge on any atom is 0.391 e. The normalized spacial score (nSPS) is 25.4. The number of hydrogen-bond donors (Lipinski definition) is 1. The molecule has 1 saturated carbocycles. The van der Waals surface area contributed by atoms with E-state index in [1.807, 2.05) is 7.05 Å². The summed E-state index contributed by atoms with van der Waals surface area (Å²) in [7, 11) is 1.81. The maximum absolute atomic E-state index is 12.6. The third kappa shape index (κ3) is 2.50. The van der Waals surface area contributed by atoms with Gasteiger partial charge in [0.05, 0.1) is 12.5 Å². The zero-order valence-corrected chi connectivity index (χ0v) is 10.2. The molecule has 0 aliphatic heterocycles. The molecule has 0 radical (unpaired) electrons. The van der Waals surface area contributed by atoms with Crippen LogP contribution in [-0.4, -0.2) is 20.9 Å². The highest BCUT2D eigenvalue weighted by molar-refractivity contribution is 5.03. The second-order valence-corrected chi connectivity index (χ2v) is 4.83. The first-order valence-corrected chi connectivity index (χ1v) is 6.08. The van der Waals surface area contributed by atoms with E-state index < -0.39 is 12.1 Å². The van der Waals surface area contributed by atoms with Gasteiger partial charge in [0.2, 0.25) is 0 Å². The highest BCUT2D eigenvalue weighted by atomic mass is 19.4. The van der Waals surface area contributed by atoms with Gasteiger partial charge in [-0.3, -0.25) is 0 Å².